The van der Waals surface area contributed by atoms with Crippen molar-refractivity contribution in [1.82, 2.24) is 4.98 Å². The molecular weight excluding hydrogens is 334 g/mol. The Hall–Kier alpha value is -0.870. The lowest BCUT2D eigenvalue weighted by atomic mass is 10.3. The predicted molar refractivity (Wildman–Crippen MR) is 70.9 cm³/mol. The summed E-state index contributed by atoms with van der Waals surface area (Å²) in [6.07, 6.45) is 1.78. The van der Waals surface area contributed by atoms with E-state index >= 15 is 0 Å². The Balaban J connectivity index is 2.27. The highest BCUT2D eigenvalue weighted by molar-refractivity contribution is 9.10. The first-order valence-electron chi connectivity index (χ1n) is 4.71. The van der Waals surface area contributed by atoms with Crippen LogP contribution in [0.1, 0.15) is 5.56 Å². The van der Waals surface area contributed by atoms with Gasteiger partial charge in [-0.2, -0.15) is 0 Å². The van der Waals surface area contributed by atoms with Gasteiger partial charge in [0.05, 0.1) is 4.47 Å². The molecule has 0 saturated carbocycles. The number of aromatic nitrogens is 1. The number of nitrogens with zero attached hydrogens (tertiary/aromatic N) is 1. The SMILES string of the molecule is Cc1cnc(Oc2cccc(Br)c2)c(Br)c1. The van der Waals surface area contributed by atoms with Crippen LogP contribution >= 0.6 is 31.9 Å². The average molecular weight is 343 g/mol. The van der Waals surface area contributed by atoms with E-state index in [2.05, 4.69) is 36.8 Å². The van der Waals surface area contributed by atoms with Crippen LogP contribution in [0.25, 0.3) is 0 Å². The van der Waals surface area contributed by atoms with Crippen molar-refractivity contribution in [3.63, 3.8) is 0 Å². The molecule has 16 heavy (non-hydrogen) atoms. The summed E-state index contributed by atoms with van der Waals surface area (Å²) in [5.74, 6) is 1.33. The third-order valence-corrected chi connectivity index (χ3v) is 3.02. The zero-order valence-corrected chi connectivity index (χ0v) is 11.7. The van der Waals surface area contributed by atoms with Gasteiger partial charge in [0, 0.05) is 10.7 Å². The minimum absolute atomic E-state index is 0.573. The monoisotopic (exact) mass is 341 g/mol. The second kappa shape index (κ2) is 4.97. The Morgan fingerprint density at radius 2 is 2.00 bits per heavy atom. The van der Waals surface area contributed by atoms with Crippen LogP contribution < -0.4 is 4.74 Å². The number of benzene rings is 1. The molecule has 1 aromatic carbocycles. The lowest BCUT2D eigenvalue weighted by molar-refractivity contribution is 0.459. The van der Waals surface area contributed by atoms with E-state index in [4.69, 9.17) is 4.74 Å². The van der Waals surface area contributed by atoms with Gasteiger partial charge in [-0.3, -0.25) is 0 Å². The number of ether oxygens (including phenoxy) is 1. The minimum atomic E-state index is 0.573. The Kier molecular flexibility index (Phi) is 3.61. The molecule has 82 valence electrons. The molecule has 0 aliphatic heterocycles. The molecule has 4 heteroatoms. The Morgan fingerprint density at radius 3 is 2.69 bits per heavy atom. The zero-order chi connectivity index (χ0) is 11.5. The topological polar surface area (TPSA) is 22.1 Å². The van der Waals surface area contributed by atoms with Gasteiger partial charge >= 0.3 is 0 Å². The lowest BCUT2D eigenvalue weighted by Gasteiger charge is -2.07. The van der Waals surface area contributed by atoms with Gasteiger partial charge in [-0.1, -0.05) is 22.0 Å². The first-order chi connectivity index (χ1) is 7.65. The molecular formula is C12H9Br2NO. The first-order valence-corrected chi connectivity index (χ1v) is 6.29. The summed E-state index contributed by atoms with van der Waals surface area (Å²) >= 11 is 6.82. The number of pyridine rings is 1. The molecule has 0 radical (unpaired) electrons. The van der Waals surface area contributed by atoms with Crippen LogP contribution in [0.2, 0.25) is 0 Å². The second-order valence-corrected chi connectivity index (χ2v) is 5.13. The summed E-state index contributed by atoms with van der Waals surface area (Å²) in [5.41, 5.74) is 1.09. The predicted octanol–water partition coefficient (Wildman–Crippen LogP) is 4.71. The Morgan fingerprint density at radius 1 is 1.19 bits per heavy atom. The van der Waals surface area contributed by atoms with Gasteiger partial charge in [0.25, 0.3) is 0 Å². The first kappa shape index (κ1) is 11.6. The summed E-state index contributed by atoms with van der Waals surface area (Å²) < 4.78 is 7.49. The van der Waals surface area contributed by atoms with Crippen molar-refractivity contribution in [2.45, 2.75) is 6.92 Å². The highest BCUT2D eigenvalue weighted by Crippen LogP contribution is 2.29. The van der Waals surface area contributed by atoms with Crippen LogP contribution in [-0.4, -0.2) is 4.98 Å². The third-order valence-electron chi connectivity index (χ3n) is 1.95. The summed E-state index contributed by atoms with van der Waals surface area (Å²) in [4.78, 5) is 4.22. The van der Waals surface area contributed by atoms with Crippen LogP contribution in [0, 0.1) is 6.92 Å². The van der Waals surface area contributed by atoms with Crippen LogP contribution in [0.4, 0.5) is 0 Å². The van der Waals surface area contributed by atoms with Gasteiger partial charge in [0.15, 0.2) is 0 Å². The van der Waals surface area contributed by atoms with Crippen LogP contribution in [-0.2, 0) is 0 Å². The molecule has 2 rings (SSSR count). The van der Waals surface area contributed by atoms with Gasteiger partial charge < -0.3 is 4.74 Å². The third kappa shape index (κ3) is 2.83. The molecule has 0 fully saturated rings. The largest absolute Gasteiger partial charge is 0.438 e. The van der Waals surface area contributed by atoms with E-state index in [9.17, 15) is 0 Å². The molecule has 0 spiro atoms. The fraction of sp³-hybridized carbons (Fsp3) is 0.0833. The quantitative estimate of drug-likeness (QED) is 0.788. The van der Waals surface area contributed by atoms with Crippen molar-refractivity contribution in [3.8, 4) is 11.6 Å². The zero-order valence-electron chi connectivity index (χ0n) is 8.58. The molecule has 0 amide bonds. The molecule has 0 aliphatic rings. The van der Waals surface area contributed by atoms with Crippen LogP contribution in [0.3, 0.4) is 0 Å². The highest BCUT2D eigenvalue weighted by Gasteiger charge is 2.04. The molecule has 1 heterocycles. The van der Waals surface area contributed by atoms with Crippen molar-refractivity contribution in [3.05, 3.63) is 51.0 Å². The van der Waals surface area contributed by atoms with E-state index in [1.54, 1.807) is 6.20 Å². The standard InChI is InChI=1S/C12H9Br2NO/c1-8-5-11(14)12(15-7-8)16-10-4-2-3-9(13)6-10/h2-7H,1H3. The number of aryl methyl sites for hydroxylation is 1. The lowest BCUT2D eigenvalue weighted by Crippen LogP contribution is -1.89. The molecule has 1 aromatic heterocycles. The number of hydrogen-bond donors (Lipinski definition) is 0. The fourth-order valence-corrected chi connectivity index (χ4v) is 2.16. The summed E-state index contributed by atoms with van der Waals surface area (Å²) in [5, 5.41) is 0. The van der Waals surface area contributed by atoms with Crippen molar-refractivity contribution in [2.24, 2.45) is 0 Å². The average Bonchev–Trinajstić information content (AvgIpc) is 2.22. The molecule has 0 unspecified atom stereocenters. The van der Waals surface area contributed by atoms with Gasteiger partial charge in [-0.15, -0.1) is 0 Å². The van der Waals surface area contributed by atoms with E-state index in [0.717, 1.165) is 20.3 Å². The minimum Gasteiger partial charge on any atom is -0.438 e. The van der Waals surface area contributed by atoms with Gasteiger partial charge in [0.1, 0.15) is 5.75 Å². The molecule has 0 saturated heterocycles. The van der Waals surface area contributed by atoms with Gasteiger partial charge in [0.2, 0.25) is 5.88 Å². The molecule has 0 aliphatic carbocycles. The van der Waals surface area contributed by atoms with Crippen molar-refractivity contribution >= 4 is 31.9 Å². The van der Waals surface area contributed by atoms with Crippen LogP contribution in [0.5, 0.6) is 11.6 Å². The van der Waals surface area contributed by atoms with E-state index in [1.807, 2.05) is 37.3 Å². The van der Waals surface area contributed by atoms with E-state index < -0.39 is 0 Å². The molecule has 0 N–H and O–H groups in total. The Bertz CT molecular complexity index is 514. The molecule has 2 aromatic rings. The maximum absolute atomic E-state index is 5.66. The maximum Gasteiger partial charge on any atom is 0.233 e. The number of rotatable bonds is 2. The van der Waals surface area contributed by atoms with E-state index in [0.29, 0.717) is 5.88 Å². The summed E-state index contributed by atoms with van der Waals surface area (Å²) in [6.45, 7) is 1.99. The number of hydrogen-bond acceptors (Lipinski definition) is 2. The maximum atomic E-state index is 5.66. The summed E-state index contributed by atoms with van der Waals surface area (Å²) in [6, 6.07) is 9.62. The van der Waals surface area contributed by atoms with E-state index in [-0.39, 0.29) is 0 Å². The molecule has 0 atom stereocenters. The van der Waals surface area contributed by atoms with Crippen molar-refractivity contribution in [1.29, 1.82) is 0 Å². The van der Waals surface area contributed by atoms with Crippen LogP contribution in [0.15, 0.2) is 45.5 Å². The highest BCUT2D eigenvalue weighted by atomic mass is 79.9. The second-order valence-electron chi connectivity index (χ2n) is 3.36. The Labute approximate surface area is 111 Å². The van der Waals surface area contributed by atoms with Crippen molar-refractivity contribution < 1.29 is 4.74 Å². The van der Waals surface area contributed by atoms with E-state index in [1.165, 1.54) is 0 Å². The summed E-state index contributed by atoms with van der Waals surface area (Å²) in [7, 11) is 0. The van der Waals surface area contributed by atoms with Crippen molar-refractivity contribution in [2.75, 3.05) is 0 Å². The smallest absolute Gasteiger partial charge is 0.233 e. The fourth-order valence-electron chi connectivity index (χ4n) is 1.24. The number of halogens is 2. The van der Waals surface area contributed by atoms with Gasteiger partial charge in [-0.25, -0.2) is 4.98 Å². The molecule has 2 nitrogen and oxygen atoms in total. The van der Waals surface area contributed by atoms with Gasteiger partial charge in [-0.05, 0) is 52.7 Å². The molecule has 0 bridgehead atoms. The normalized spacial score (nSPS) is 10.2.